The minimum Gasteiger partial charge on any atom is -0.248 e. The van der Waals surface area contributed by atoms with E-state index in [0.29, 0.717) is 4.60 Å². The van der Waals surface area contributed by atoms with Crippen LogP contribution in [0.2, 0.25) is 0 Å². The van der Waals surface area contributed by atoms with E-state index in [0.717, 1.165) is 0 Å². The van der Waals surface area contributed by atoms with Gasteiger partial charge in [-0.2, -0.15) is 0 Å². The van der Waals surface area contributed by atoms with Gasteiger partial charge in [0, 0.05) is 16.9 Å². The fraction of sp³-hybridized carbons (Fsp3) is 0. The van der Waals surface area contributed by atoms with E-state index in [4.69, 9.17) is 10.7 Å². The molecule has 0 aromatic carbocycles. The first-order chi connectivity index (χ1) is 5.00. The lowest BCUT2D eigenvalue weighted by molar-refractivity contribution is 0.609. The molecule has 11 heavy (non-hydrogen) atoms. The van der Waals surface area contributed by atoms with Crippen molar-refractivity contribution in [2.75, 3.05) is 0 Å². The third-order valence-corrected chi connectivity index (χ3v) is 2.79. The summed E-state index contributed by atoms with van der Waals surface area (Å²) in [6.07, 6.45) is 1.19. The molecule has 0 saturated carbocycles. The molecule has 0 bridgehead atoms. The molecule has 0 radical (unpaired) electrons. The molecule has 0 N–H and O–H groups in total. The molecular weight excluding hydrogens is 253 g/mol. The summed E-state index contributed by atoms with van der Waals surface area (Å²) in [6.45, 7) is 0. The summed E-state index contributed by atoms with van der Waals surface area (Å²) in [4.78, 5) is 3.70. The molecule has 0 saturated heterocycles. The highest BCUT2D eigenvalue weighted by Gasteiger charge is 2.08. The first-order valence-corrected chi connectivity index (χ1v) is 5.66. The topological polar surface area (TPSA) is 47.0 Å². The fourth-order valence-electron chi connectivity index (χ4n) is 0.506. The van der Waals surface area contributed by atoms with E-state index in [2.05, 4.69) is 20.9 Å². The van der Waals surface area contributed by atoms with Crippen molar-refractivity contribution >= 4 is 35.7 Å². The number of hydrogen-bond acceptors (Lipinski definition) is 3. The first kappa shape index (κ1) is 8.96. The maximum Gasteiger partial charge on any atom is 0.262 e. The van der Waals surface area contributed by atoms with Crippen LogP contribution in [0.15, 0.2) is 27.8 Å². The Morgan fingerprint density at radius 2 is 2.09 bits per heavy atom. The van der Waals surface area contributed by atoms with Crippen LogP contribution in [0.5, 0.6) is 0 Å². The molecule has 0 spiro atoms. The van der Waals surface area contributed by atoms with Gasteiger partial charge in [-0.05, 0) is 28.1 Å². The van der Waals surface area contributed by atoms with Gasteiger partial charge in [-0.25, -0.2) is 13.4 Å². The Morgan fingerprint density at radius 1 is 1.45 bits per heavy atom. The summed E-state index contributed by atoms with van der Waals surface area (Å²) in [6, 6.07) is 2.88. The number of pyridine rings is 1. The lowest BCUT2D eigenvalue weighted by Gasteiger charge is -1.93. The van der Waals surface area contributed by atoms with Gasteiger partial charge in [-0.1, -0.05) is 0 Å². The smallest absolute Gasteiger partial charge is 0.248 e. The highest BCUT2D eigenvalue weighted by Crippen LogP contribution is 2.14. The van der Waals surface area contributed by atoms with Crippen LogP contribution in [0, 0.1) is 0 Å². The molecule has 0 amide bonds. The monoisotopic (exact) mass is 255 g/mol. The highest BCUT2D eigenvalue weighted by atomic mass is 79.9. The Kier molecular flexibility index (Phi) is 2.51. The van der Waals surface area contributed by atoms with Crippen LogP contribution < -0.4 is 0 Å². The molecule has 0 fully saturated rings. The van der Waals surface area contributed by atoms with Crippen LogP contribution >= 0.6 is 26.6 Å². The van der Waals surface area contributed by atoms with Crippen molar-refractivity contribution in [2.45, 2.75) is 4.90 Å². The van der Waals surface area contributed by atoms with Gasteiger partial charge < -0.3 is 0 Å². The van der Waals surface area contributed by atoms with Crippen molar-refractivity contribution in [1.29, 1.82) is 0 Å². The van der Waals surface area contributed by atoms with Crippen molar-refractivity contribution < 1.29 is 8.42 Å². The van der Waals surface area contributed by atoms with E-state index in [-0.39, 0.29) is 4.90 Å². The van der Waals surface area contributed by atoms with Gasteiger partial charge in [-0.15, -0.1) is 0 Å². The van der Waals surface area contributed by atoms with Gasteiger partial charge in [0.25, 0.3) is 9.05 Å². The molecule has 0 aliphatic heterocycles. The van der Waals surface area contributed by atoms with E-state index >= 15 is 0 Å². The number of hydrogen-bond donors (Lipinski definition) is 0. The molecule has 3 nitrogen and oxygen atoms in total. The summed E-state index contributed by atoms with van der Waals surface area (Å²) in [7, 11) is 1.40. The van der Waals surface area contributed by atoms with Crippen LogP contribution in [-0.2, 0) is 9.05 Å². The molecule has 0 atom stereocenters. The van der Waals surface area contributed by atoms with Crippen molar-refractivity contribution in [3.05, 3.63) is 22.9 Å². The minimum atomic E-state index is -3.63. The molecule has 1 rings (SSSR count). The third-order valence-electron chi connectivity index (χ3n) is 0.982. The molecule has 6 heteroatoms. The van der Waals surface area contributed by atoms with Gasteiger partial charge >= 0.3 is 0 Å². The zero-order valence-electron chi connectivity index (χ0n) is 5.16. The zero-order chi connectivity index (χ0) is 8.48. The van der Waals surface area contributed by atoms with Crippen LogP contribution in [0.1, 0.15) is 0 Å². The van der Waals surface area contributed by atoms with E-state index in [1.165, 1.54) is 18.3 Å². The average Bonchev–Trinajstić information content (AvgIpc) is 1.86. The predicted molar refractivity (Wildman–Crippen MR) is 45.0 cm³/mol. The molecule has 1 aromatic rings. The fourth-order valence-corrected chi connectivity index (χ4v) is 1.42. The maximum absolute atomic E-state index is 10.7. The molecule has 60 valence electrons. The lowest BCUT2D eigenvalue weighted by Crippen LogP contribution is -1.90. The zero-order valence-corrected chi connectivity index (χ0v) is 8.32. The second-order valence-corrected chi connectivity index (χ2v) is 5.13. The molecule has 1 aromatic heterocycles. The van der Waals surface area contributed by atoms with Gasteiger partial charge in [0.15, 0.2) is 0 Å². The Balaban J connectivity index is 3.20. The number of rotatable bonds is 1. The quantitative estimate of drug-likeness (QED) is 0.568. The maximum atomic E-state index is 10.7. The summed E-state index contributed by atoms with van der Waals surface area (Å²) in [5.41, 5.74) is 0. The van der Waals surface area contributed by atoms with Crippen molar-refractivity contribution in [1.82, 2.24) is 4.98 Å². The Bertz CT molecular complexity index is 347. The van der Waals surface area contributed by atoms with E-state index < -0.39 is 9.05 Å². The van der Waals surface area contributed by atoms with Crippen LogP contribution in [-0.4, -0.2) is 13.4 Å². The predicted octanol–water partition coefficient (Wildman–Crippen LogP) is 1.77. The summed E-state index contributed by atoms with van der Waals surface area (Å²) in [5.74, 6) is 0. The summed E-state index contributed by atoms with van der Waals surface area (Å²) < 4.78 is 21.9. The van der Waals surface area contributed by atoms with Crippen molar-refractivity contribution in [3.8, 4) is 0 Å². The van der Waals surface area contributed by atoms with Crippen LogP contribution in [0.4, 0.5) is 0 Å². The Labute approximate surface area is 77.0 Å². The van der Waals surface area contributed by atoms with E-state index in [1.807, 2.05) is 0 Å². The van der Waals surface area contributed by atoms with Crippen molar-refractivity contribution in [3.63, 3.8) is 0 Å². The Morgan fingerprint density at radius 3 is 2.45 bits per heavy atom. The van der Waals surface area contributed by atoms with E-state index in [9.17, 15) is 8.42 Å². The molecule has 0 aliphatic carbocycles. The van der Waals surface area contributed by atoms with Crippen molar-refractivity contribution in [2.24, 2.45) is 0 Å². The standard InChI is InChI=1S/C5H3BrClNO2S/c6-5-2-1-4(3-8-5)11(7,9)10/h1-3H. The first-order valence-electron chi connectivity index (χ1n) is 2.56. The van der Waals surface area contributed by atoms with Crippen LogP contribution in [0.3, 0.4) is 0 Å². The lowest BCUT2D eigenvalue weighted by atomic mass is 10.5. The second kappa shape index (κ2) is 3.08. The number of aromatic nitrogens is 1. The second-order valence-electron chi connectivity index (χ2n) is 1.75. The molecular formula is C5H3BrClNO2S. The largest absolute Gasteiger partial charge is 0.262 e. The minimum absolute atomic E-state index is 0.00219. The number of nitrogens with zero attached hydrogens (tertiary/aromatic N) is 1. The van der Waals surface area contributed by atoms with Gasteiger partial charge in [-0.3, -0.25) is 0 Å². The summed E-state index contributed by atoms with van der Waals surface area (Å²) in [5, 5.41) is 0. The molecule has 0 unspecified atom stereocenters. The van der Waals surface area contributed by atoms with Crippen LogP contribution in [0.25, 0.3) is 0 Å². The molecule has 1 heterocycles. The average molecular weight is 257 g/mol. The summed E-state index contributed by atoms with van der Waals surface area (Å²) >= 11 is 3.06. The SMILES string of the molecule is O=S(=O)(Cl)c1ccc(Br)nc1. The van der Waals surface area contributed by atoms with Gasteiger partial charge in [0.05, 0.1) is 0 Å². The Hall–Kier alpha value is -0.130. The van der Waals surface area contributed by atoms with Gasteiger partial charge in [0.2, 0.25) is 0 Å². The highest BCUT2D eigenvalue weighted by molar-refractivity contribution is 9.10. The number of halogens is 2. The third kappa shape index (κ3) is 2.43. The van der Waals surface area contributed by atoms with Gasteiger partial charge in [0.1, 0.15) is 9.50 Å². The molecule has 0 aliphatic rings. The van der Waals surface area contributed by atoms with E-state index in [1.54, 1.807) is 0 Å². The normalized spacial score (nSPS) is 11.5.